The summed E-state index contributed by atoms with van der Waals surface area (Å²) >= 11 is 0. The number of amides is 1. The average molecular weight is 280 g/mol. The van der Waals surface area contributed by atoms with E-state index in [-0.39, 0.29) is 18.4 Å². The first-order valence-electron chi connectivity index (χ1n) is 5.93. The van der Waals surface area contributed by atoms with Crippen LogP contribution in [0.4, 0.5) is 5.69 Å². The topological polar surface area (TPSA) is 130 Å². The van der Waals surface area contributed by atoms with Crippen LogP contribution in [0.15, 0.2) is 18.2 Å². The van der Waals surface area contributed by atoms with Gasteiger partial charge in [0.15, 0.2) is 0 Å². The molecule has 1 amide bonds. The Morgan fingerprint density at radius 1 is 1.30 bits per heavy atom. The highest BCUT2D eigenvalue weighted by atomic mass is 16.4. The maximum absolute atomic E-state index is 11.9. The number of hydrogen-bond acceptors (Lipinski definition) is 4. The molecule has 0 spiro atoms. The summed E-state index contributed by atoms with van der Waals surface area (Å²) in [5.41, 5.74) is 7.14. The number of aliphatic carboxylic acids is 2. The molecule has 0 saturated carbocycles. The zero-order valence-corrected chi connectivity index (χ0v) is 10.9. The van der Waals surface area contributed by atoms with Gasteiger partial charge in [0.2, 0.25) is 0 Å². The molecule has 0 radical (unpaired) electrons. The van der Waals surface area contributed by atoms with E-state index in [0.29, 0.717) is 11.3 Å². The number of aryl methyl sites for hydroxylation is 1. The molecular formula is C13H16N2O5. The lowest BCUT2D eigenvalue weighted by molar-refractivity contribution is -0.140. The van der Waals surface area contributed by atoms with Crippen molar-refractivity contribution in [2.45, 2.75) is 25.8 Å². The molecule has 7 heteroatoms. The zero-order chi connectivity index (χ0) is 15.3. The number of benzene rings is 1. The summed E-state index contributed by atoms with van der Waals surface area (Å²) in [6.45, 7) is 1.73. The Balaban J connectivity index is 2.77. The monoisotopic (exact) mass is 280 g/mol. The second-order valence-corrected chi connectivity index (χ2v) is 4.37. The van der Waals surface area contributed by atoms with Crippen molar-refractivity contribution >= 4 is 23.5 Å². The van der Waals surface area contributed by atoms with Crippen molar-refractivity contribution in [2.24, 2.45) is 0 Å². The number of nitrogen functional groups attached to an aromatic ring is 1. The van der Waals surface area contributed by atoms with E-state index in [1.54, 1.807) is 19.1 Å². The van der Waals surface area contributed by atoms with E-state index in [0.717, 1.165) is 0 Å². The Morgan fingerprint density at radius 3 is 2.45 bits per heavy atom. The van der Waals surface area contributed by atoms with Gasteiger partial charge in [0, 0.05) is 17.7 Å². The molecule has 5 N–H and O–H groups in total. The van der Waals surface area contributed by atoms with Crippen molar-refractivity contribution < 1.29 is 24.6 Å². The van der Waals surface area contributed by atoms with Crippen LogP contribution in [0.25, 0.3) is 0 Å². The SMILES string of the molecule is Cc1cc(C(=O)NC(CCC(=O)O)C(=O)O)ccc1N. The predicted molar refractivity (Wildman–Crippen MR) is 71.4 cm³/mol. The molecule has 0 aliphatic heterocycles. The fourth-order valence-corrected chi connectivity index (χ4v) is 1.58. The summed E-state index contributed by atoms with van der Waals surface area (Å²) in [6.07, 6.45) is -0.512. The van der Waals surface area contributed by atoms with Gasteiger partial charge >= 0.3 is 11.9 Å². The molecule has 0 bridgehead atoms. The average Bonchev–Trinajstić information content (AvgIpc) is 2.36. The number of hydrogen-bond donors (Lipinski definition) is 4. The van der Waals surface area contributed by atoms with Crippen LogP contribution in [0.5, 0.6) is 0 Å². The number of carbonyl (C=O) groups excluding carboxylic acids is 1. The van der Waals surface area contributed by atoms with Crippen LogP contribution in [0.1, 0.15) is 28.8 Å². The predicted octanol–water partition coefficient (Wildman–Crippen LogP) is 0.625. The molecule has 1 unspecified atom stereocenters. The minimum Gasteiger partial charge on any atom is -0.481 e. The zero-order valence-electron chi connectivity index (χ0n) is 10.9. The fraction of sp³-hybridized carbons (Fsp3) is 0.308. The lowest BCUT2D eigenvalue weighted by Gasteiger charge is -2.14. The minimum atomic E-state index is -1.27. The van der Waals surface area contributed by atoms with Gasteiger partial charge in [-0.15, -0.1) is 0 Å². The first-order valence-corrected chi connectivity index (χ1v) is 5.93. The largest absolute Gasteiger partial charge is 0.481 e. The van der Waals surface area contributed by atoms with Crippen LogP contribution in [0.3, 0.4) is 0 Å². The van der Waals surface area contributed by atoms with Gasteiger partial charge in [0.1, 0.15) is 6.04 Å². The maximum atomic E-state index is 11.9. The highest BCUT2D eigenvalue weighted by molar-refractivity contribution is 5.97. The summed E-state index contributed by atoms with van der Waals surface area (Å²) in [5, 5.41) is 19.8. The Kier molecular flexibility index (Phi) is 5.08. The highest BCUT2D eigenvalue weighted by Gasteiger charge is 2.21. The summed E-state index contributed by atoms with van der Waals surface area (Å²) in [7, 11) is 0. The molecule has 1 rings (SSSR count). The molecule has 1 atom stereocenters. The van der Waals surface area contributed by atoms with Gasteiger partial charge < -0.3 is 21.3 Å². The van der Waals surface area contributed by atoms with Crippen molar-refractivity contribution in [3.63, 3.8) is 0 Å². The molecule has 7 nitrogen and oxygen atoms in total. The van der Waals surface area contributed by atoms with Crippen molar-refractivity contribution in [1.29, 1.82) is 0 Å². The van der Waals surface area contributed by atoms with E-state index in [9.17, 15) is 14.4 Å². The van der Waals surface area contributed by atoms with E-state index in [2.05, 4.69) is 5.32 Å². The second-order valence-electron chi connectivity index (χ2n) is 4.37. The second kappa shape index (κ2) is 6.55. The summed E-state index contributed by atoms with van der Waals surface area (Å²) in [4.78, 5) is 33.3. The van der Waals surface area contributed by atoms with E-state index >= 15 is 0 Å². The molecule has 1 aromatic rings. The van der Waals surface area contributed by atoms with E-state index in [1.165, 1.54) is 6.07 Å². The van der Waals surface area contributed by atoms with Gasteiger partial charge in [-0.1, -0.05) is 0 Å². The lowest BCUT2D eigenvalue weighted by Crippen LogP contribution is -2.41. The van der Waals surface area contributed by atoms with E-state index in [1.807, 2.05) is 0 Å². The quantitative estimate of drug-likeness (QED) is 0.565. The number of rotatable bonds is 6. The summed E-state index contributed by atoms with van der Waals surface area (Å²) in [6, 6.07) is 3.34. The van der Waals surface area contributed by atoms with Gasteiger partial charge in [-0.3, -0.25) is 9.59 Å². The van der Waals surface area contributed by atoms with Gasteiger partial charge in [0.05, 0.1) is 0 Å². The van der Waals surface area contributed by atoms with Gasteiger partial charge in [-0.05, 0) is 37.1 Å². The van der Waals surface area contributed by atoms with Gasteiger partial charge in [-0.25, -0.2) is 4.79 Å². The number of anilines is 1. The first kappa shape index (κ1) is 15.5. The Morgan fingerprint density at radius 2 is 1.95 bits per heavy atom. The van der Waals surface area contributed by atoms with Crippen molar-refractivity contribution in [3.05, 3.63) is 29.3 Å². The number of nitrogens with one attached hydrogen (secondary N) is 1. The molecule has 0 saturated heterocycles. The van der Waals surface area contributed by atoms with Gasteiger partial charge in [0.25, 0.3) is 5.91 Å². The highest BCUT2D eigenvalue weighted by Crippen LogP contribution is 2.13. The van der Waals surface area contributed by atoms with Crippen LogP contribution in [0.2, 0.25) is 0 Å². The third kappa shape index (κ3) is 4.27. The maximum Gasteiger partial charge on any atom is 0.326 e. The smallest absolute Gasteiger partial charge is 0.326 e. The van der Waals surface area contributed by atoms with Crippen molar-refractivity contribution in [2.75, 3.05) is 5.73 Å². The van der Waals surface area contributed by atoms with Gasteiger partial charge in [-0.2, -0.15) is 0 Å². The number of carboxylic acid groups (broad SMARTS) is 2. The summed E-state index contributed by atoms with van der Waals surface area (Å²) < 4.78 is 0. The molecule has 1 aromatic carbocycles. The summed E-state index contributed by atoms with van der Waals surface area (Å²) in [5.74, 6) is -2.97. The Labute approximate surface area is 115 Å². The third-order valence-corrected chi connectivity index (χ3v) is 2.78. The minimum absolute atomic E-state index is 0.176. The Hall–Kier alpha value is -2.57. The molecule has 0 fully saturated rings. The number of carbonyl (C=O) groups is 3. The van der Waals surface area contributed by atoms with Crippen LogP contribution in [0, 0.1) is 6.92 Å². The Bertz CT molecular complexity index is 542. The molecule has 0 aliphatic rings. The van der Waals surface area contributed by atoms with Crippen LogP contribution < -0.4 is 11.1 Å². The standard InChI is InChI=1S/C13H16N2O5/c1-7-6-8(2-3-9(7)14)12(18)15-10(13(19)20)4-5-11(16)17/h2-3,6,10H,4-5,14H2,1H3,(H,15,18)(H,16,17)(H,19,20). The normalized spacial score (nSPS) is 11.7. The van der Waals surface area contributed by atoms with Crippen LogP contribution >= 0.6 is 0 Å². The van der Waals surface area contributed by atoms with Crippen LogP contribution in [-0.4, -0.2) is 34.1 Å². The number of nitrogens with two attached hydrogens (primary N) is 1. The third-order valence-electron chi connectivity index (χ3n) is 2.78. The van der Waals surface area contributed by atoms with E-state index in [4.69, 9.17) is 15.9 Å². The molecular weight excluding hydrogens is 264 g/mol. The lowest BCUT2D eigenvalue weighted by atomic mass is 10.1. The van der Waals surface area contributed by atoms with Crippen molar-refractivity contribution in [1.82, 2.24) is 5.32 Å². The fourth-order valence-electron chi connectivity index (χ4n) is 1.58. The molecule has 108 valence electrons. The molecule has 0 heterocycles. The first-order chi connectivity index (χ1) is 9.31. The van der Waals surface area contributed by atoms with Crippen molar-refractivity contribution in [3.8, 4) is 0 Å². The number of carboxylic acids is 2. The molecule has 20 heavy (non-hydrogen) atoms. The molecule has 0 aromatic heterocycles. The molecule has 0 aliphatic carbocycles. The van der Waals surface area contributed by atoms with E-state index < -0.39 is 23.9 Å². The van der Waals surface area contributed by atoms with Crippen LogP contribution in [-0.2, 0) is 9.59 Å².